The molecule has 12 heteroatoms. The summed E-state index contributed by atoms with van der Waals surface area (Å²) in [6.45, 7) is 4.31. The standard InChI is InChI=1S/C35H42N2O10/c1-34-16-15-24(38)19-22(34)7-12-26-27-13-14-28(35(27,2)20-29(39)31(26)34)30(40)21-46-32(41)36-17-5-3-4-6-18-45-33(42)47-25-10-8-23(9-11-25)37(43)44/h8-11,15-16,19,26-28,31H,3-7,12-14,17-18,20-21H2,1-2H3,(H,36,41). The number of carbonyl (C=O) groups is 5. The lowest BCUT2D eigenvalue weighted by molar-refractivity contribution is -0.384. The van der Waals surface area contributed by atoms with Gasteiger partial charge < -0.3 is 19.5 Å². The molecule has 5 rings (SSSR count). The Morgan fingerprint density at radius 3 is 2.49 bits per heavy atom. The van der Waals surface area contributed by atoms with Crippen LogP contribution in [-0.4, -0.2) is 54.3 Å². The average Bonchev–Trinajstić information content (AvgIpc) is 3.38. The van der Waals surface area contributed by atoms with Crippen LogP contribution in [0.4, 0.5) is 15.3 Å². The van der Waals surface area contributed by atoms with E-state index >= 15 is 0 Å². The lowest BCUT2D eigenvalue weighted by Gasteiger charge is -2.55. The monoisotopic (exact) mass is 650 g/mol. The maximum absolute atomic E-state index is 13.7. The molecule has 3 fully saturated rings. The highest BCUT2D eigenvalue weighted by Gasteiger charge is 2.62. The number of ether oxygens (including phenoxy) is 3. The highest BCUT2D eigenvalue weighted by molar-refractivity contribution is 6.02. The Labute approximate surface area is 273 Å². The summed E-state index contributed by atoms with van der Waals surface area (Å²) >= 11 is 0. The molecule has 1 N–H and O–H groups in total. The predicted molar refractivity (Wildman–Crippen MR) is 168 cm³/mol. The summed E-state index contributed by atoms with van der Waals surface area (Å²) in [5, 5.41) is 13.4. The summed E-state index contributed by atoms with van der Waals surface area (Å²) in [5.41, 5.74) is 0.0206. The van der Waals surface area contributed by atoms with Crippen molar-refractivity contribution >= 4 is 35.3 Å². The normalized spacial score (nSPS) is 29.1. The molecule has 0 saturated heterocycles. The quantitative estimate of drug-likeness (QED) is 0.0921. The molecule has 4 aliphatic rings. The van der Waals surface area contributed by atoms with Crippen molar-refractivity contribution in [2.45, 2.75) is 71.6 Å². The van der Waals surface area contributed by atoms with E-state index in [9.17, 15) is 34.1 Å². The van der Waals surface area contributed by atoms with Crippen LogP contribution < -0.4 is 10.1 Å². The van der Waals surface area contributed by atoms with Crippen molar-refractivity contribution in [3.8, 4) is 5.75 Å². The summed E-state index contributed by atoms with van der Waals surface area (Å²) in [7, 11) is 0. The summed E-state index contributed by atoms with van der Waals surface area (Å²) < 4.78 is 15.3. The number of non-ortho nitro benzene ring substituents is 1. The zero-order valence-electron chi connectivity index (χ0n) is 26.9. The number of hydrogen-bond donors (Lipinski definition) is 1. The maximum Gasteiger partial charge on any atom is 0.513 e. The number of ketones is 3. The second-order valence-corrected chi connectivity index (χ2v) is 13.6. The van der Waals surface area contributed by atoms with Gasteiger partial charge in [0.2, 0.25) is 0 Å². The minimum absolute atomic E-state index is 0.0219. The van der Waals surface area contributed by atoms with E-state index in [1.54, 1.807) is 12.2 Å². The smallest absolute Gasteiger partial charge is 0.442 e. The molecule has 0 aromatic heterocycles. The van der Waals surface area contributed by atoms with Gasteiger partial charge in [-0.1, -0.05) is 31.9 Å². The van der Waals surface area contributed by atoms with Gasteiger partial charge in [-0.25, -0.2) is 9.59 Å². The third kappa shape index (κ3) is 7.31. The van der Waals surface area contributed by atoms with Gasteiger partial charge >= 0.3 is 12.2 Å². The fourth-order valence-corrected chi connectivity index (χ4v) is 8.53. The third-order valence-corrected chi connectivity index (χ3v) is 10.8. The van der Waals surface area contributed by atoms with Crippen LogP contribution in [0.1, 0.15) is 71.6 Å². The SMILES string of the molecule is CC12C=CC(=O)C=C1CCC1C2C(=O)CC2(C)C(C(=O)COC(=O)NCCCCCCOC(=O)Oc3ccc([N+](=O)[O-])cc3)CCC12. The fraction of sp³-hybridized carbons (Fsp3) is 0.571. The summed E-state index contributed by atoms with van der Waals surface area (Å²) in [4.78, 5) is 73.2. The number of amides is 1. The predicted octanol–water partition coefficient (Wildman–Crippen LogP) is 6.07. The molecular weight excluding hydrogens is 608 g/mol. The molecule has 0 spiro atoms. The van der Waals surface area contributed by atoms with Crippen LogP contribution in [0.25, 0.3) is 0 Å². The van der Waals surface area contributed by atoms with E-state index in [1.165, 1.54) is 24.3 Å². The summed E-state index contributed by atoms with van der Waals surface area (Å²) in [6.07, 6.45) is 9.89. The molecule has 47 heavy (non-hydrogen) atoms. The number of alkyl carbamates (subject to hydrolysis) is 1. The Bertz CT molecular complexity index is 1480. The topological polar surface area (TPSA) is 168 Å². The van der Waals surface area contributed by atoms with Crippen LogP contribution in [0.15, 0.2) is 48.1 Å². The number of nitrogens with one attached hydrogen (secondary N) is 1. The van der Waals surface area contributed by atoms with E-state index in [0.717, 1.165) is 37.7 Å². The minimum Gasteiger partial charge on any atom is -0.442 e. The molecule has 6 atom stereocenters. The number of nitro benzene ring substituents is 1. The van der Waals surface area contributed by atoms with Gasteiger partial charge in [0.25, 0.3) is 5.69 Å². The molecule has 6 unspecified atom stereocenters. The Balaban J connectivity index is 0.972. The van der Waals surface area contributed by atoms with E-state index in [2.05, 4.69) is 19.2 Å². The molecule has 3 saturated carbocycles. The van der Waals surface area contributed by atoms with Gasteiger partial charge in [-0.05, 0) is 86.5 Å². The van der Waals surface area contributed by atoms with Crippen molar-refractivity contribution in [3.63, 3.8) is 0 Å². The van der Waals surface area contributed by atoms with Crippen LogP contribution in [0.2, 0.25) is 0 Å². The first-order valence-electron chi connectivity index (χ1n) is 16.4. The van der Waals surface area contributed by atoms with Crippen molar-refractivity contribution in [3.05, 3.63) is 58.2 Å². The molecular formula is C35H42N2O10. The molecule has 0 heterocycles. The van der Waals surface area contributed by atoms with Gasteiger partial charge in [-0.2, -0.15) is 0 Å². The Hall–Kier alpha value is -4.35. The maximum atomic E-state index is 13.7. The number of allylic oxidation sites excluding steroid dienone is 4. The van der Waals surface area contributed by atoms with Gasteiger partial charge in [0.15, 0.2) is 18.2 Å². The Morgan fingerprint density at radius 2 is 1.74 bits per heavy atom. The van der Waals surface area contributed by atoms with E-state index in [1.807, 2.05) is 6.08 Å². The number of unbranched alkanes of at least 4 members (excludes halogenated alkanes) is 3. The molecule has 0 aliphatic heterocycles. The molecule has 4 aliphatic carbocycles. The lowest BCUT2D eigenvalue weighted by Crippen LogP contribution is -2.54. The number of rotatable bonds is 12. The Morgan fingerprint density at radius 1 is 1.00 bits per heavy atom. The van der Waals surface area contributed by atoms with E-state index in [4.69, 9.17) is 14.2 Å². The van der Waals surface area contributed by atoms with Crippen LogP contribution >= 0.6 is 0 Å². The Kier molecular flexibility index (Phi) is 10.3. The number of nitro groups is 1. The van der Waals surface area contributed by atoms with Crippen molar-refractivity contribution in [2.75, 3.05) is 19.8 Å². The zero-order valence-corrected chi connectivity index (χ0v) is 26.9. The van der Waals surface area contributed by atoms with Gasteiger partial charge in [0, 0.05) is 42.3 Å². The second kappa shape index (κ2) is 14.2. The van der Waals surface area contributed by atoms with Gasteiger partial charge in [0.05, 0.1) is 11.5 Å². The average molecular weight is 651 g/mol. The van der Waals surface area contributed by atoms with Crippen LogP contribution in [0.3, 0.4) is 0 Å². The summed E-state index contributed by atoms with van der Waals surface area (Å²) in [6, 6.07) is 5.09. The first-order valence-corrected chi connectivity index (χ1v) is 16.4. The first-order chi connectivity index (χ1) is 22.4. The van der Waals surface area contributed by atoms with Gasteiger partial charge in [-0.3, -0.25) is 24.5 Å². The van der Waals surface area contributed by atoms with Crippen LogP contribution in [0, 0.1) is 44.6 Å². The highest BCUT2D eigenvalue weighted by Crippen LogP contribution is 2.65. The molecule has 252 valence electrons. The summed E-state index contributed by atoms with van der Waals surface area (Å²) in [5.74, 6) is 0.00121. The minimum atomic E-state index is -0.894. The number of Topliss-reactive ketones (excluding diaryl/α,β-unsaturated/α-hetero) is 2. The van der Waals surface area contributed by atoms with Gasteiger partial charge in [0.1, 0.15) is 11.5 Å². The number of carbonyl (C=O) groups excluding carboxylic acids is 5. The highest BCUT2D eigenvalue weighted by atomic mass is 16.7. The van der Waals surface area contributed by atoms with Crippen LogP contribution in [0.5, 0.6) is 5.75 Å². The number of hydrogen-bond acceptors (Lipinski definition) is 10. The lowest BCUT2D eigenvalue weighted by atomic mass is 9.47. The third-order valence-electron chi connectivity index (χ3n) is 10.8. The number of nitrogens with zero attached hydrogens (tertiary/aromatic N) is 1. The van der Waals surface area contributed by atoms with Gasteiger partial charge in [-0.15, -0.1) is 0 Å². The molecule has 1 amide bonds. The van der Waals surface area contributed by atoms with E-state index < -0.39 is 28.0 Å². The molecule has 0 bridgehead atoms. The molecule has 1 aromatic rings. The van der Waals surface area contributed by atoms with Crippen molar-refractivity contribution in [1.29, 1.82) is 0 Å². The molecule has 12 nitrogen and oxygen atoms in total. The first kappa shape index (κ1) is 34.0. The van der Waals surface area contributed by atoms with Crippen molar-refractivity contribution in [1.82, 2.24) is 5.32 Å². The molecule has 1 aromatic carbocycles. The van der Waals surface area contributed by atoms with Crippen molar-refractivity contribution < 1.29 is 43.1 Å². The largest absolute Gasteiger partial charge is 0.513 e. The van der Waals surface area contributed by atoms with E-state index in [0.29, 0.717) is 32.2 Å². The number of fused-ring (bicyclic) bond motifs is 5. The van der Waals surface area contributed by atoms with Crippen LogP contribution in [-0.2, 0) is 23.9 Å². The fourth-order valence-electron chi connectivity index (χ4n) is 8.53. The molecule has 0 radical (unpaired) electrons. The zero-order chi connectivity index (χ0) is 33.8. The number of benzene rings is 1. The van der Waals surface area contributed by atoms with E-state index in [-0.39, 0.29) is 65.7 Å². The second-order valence-electron chi connectivity index (χ2n) is 13.6. The van der Waals surface area contributed by atoms with Crippen molar-refractivity contribution in [2.24, 2.45) is 34.5 Å².